The van der Waals surface area contributed by atoms with E-state index in [1.54, 1.807) is 12.1 Å². The van der Waals surface area contributed by atoms with Crippen LogP contribution in [0.2, 0.25) is 0 Å². The summed E-state index contributed by atoms with van der Waals surface area (Å²) in [5.74, 6) is -0.321. The molecule has 0 saturated heterocycles. The van der Waals surface area contributed by atoms with E-state index in [4.69, 9.17) is 10.2 Å². The van der Waals surface area contributed by atoms with Crippen LogP contribution in [0.3, 0.4) is 0 Å². The molecule has 3 nitrogen and oxygen atoms in total. The van der Waals surface area contributed by atoms with Crippen molar-refractivity contribution < 1.29 is 14.6 Å². The molecule has 1 rings (SSSR count). The summed E-state index contributed by atoms with van der Waals surface area (Å²) in [5, 5.41) is 20.5. The highest BCUT2D eigenvalue weighted by atomic mass is 79.9. The van der Waals surface area contributed by atoms with Gasteiger partial charge in [0.1, 0.15) is 5.82 Å². The molecular formula is C10H13BrFNO2. The molecule has 0 radical (unpaired) electrons. The third kappa shape index (κ3) is 3.53. The third-order valence-corrected chi connectivity index (χ3v) is 2.94. The average Bonchev–Trinajstić information content (AvgIpc) is 2.25. The van der Waals surface area contributed by atoms with Gasteiger partial charge < -0.3 is 15.5 Å². The molecule has 1 aromatic carbocycles. The lowest BCUT2D eigenvalue weighted by atomic mass is 10.2. The number of benzene rings is 1. The van der Waals surface area contributed by atoms with E-state index in [-0.39, 0.29) is 25.1 Å². The maximum absolute atomic E-state index is 13.1. The maximum atomic E-state index is 13.1. The van der Waals surface area contributed by atoms with E-state index in [0.29, 0.717) is 11.0 Å². The summed E-state index contributed by atoms with van der Waals surface area (Å²) in [4.78, 5) is 0. The Hall–Kier alpha value is -0.490. The van der Waals surface area contributed by atoms with Crippen LogP contribution in [-0.2, 0) is 6.54 Å². The first kappa shape index (κ1) is 12.6. The SMILES string of the molecule is OCC(CO)NCc1cccc(F)c1Br. The molecule has 0 heterocycles. The number of nitrogens with one attached hydrogen (secondary N) is 1. The molecule has 0 saturated carbocycles. The predicted molar refractivity (Wildman–Crippen MR) is 58.9 cm³/mol. The Morgan fingerprint density at radius 3 is 2.60 bits per heavy atom. The Kier molecular flexibility index (Phi) is 5.17. The monoisotopic (exact) mass is 277 g/mol. The van der Waals surface area contributed by atoms with Crippen molar-refractivity contribution in [3.63, 3.8) is 0 Å². The van der Waals surface area contributed by atoms with Gasteiger partial charge in [0.05, 0.1) is 23.7 Å². The number of aliphatic hydroxyl groups excluding tert-OH is 2. The van der Waals surface area contributed by atoms with Gasteiger partial charge in [-0.05, 0) is 27.6 Å². The van der Waals surface area contributed by atoms with Crippen molar-refractivity contribution in [2.24, 2.45) is 0 Å². The molecule has 0 aliphatic rings. The molecule has 0 bridgehead atoms. The van der Waals surface area contributed by atoms with E-state index >= 15 is 0 Å². The van der Waals surface area contributed by atoms with E-state index in [9.17, 15) is 4.39 Å². The van der Waals surface area contributed by atoms with Crippen molar-refractivity contribution >= 4 is 15.9 Å². The van der Waals surface area contributed by atoms with Crippen LogP contribution in [0.5, 0.6) is 0 Å². The summed E-state index contributed by atoms with van der Waals surface area (Å²) >= 11 is 3.13. The first-order chi connectivity index (χ1) is 7.19. The normalized spacial score (nSPS) is 11.0. The first-order valence-corrected chi connectivity index (χ1v) is 5.36. The molecular weight excluding hydrogens is 265 g/mol. The highest BCUT2D eigenvalue weighted by Crippen LogP contribution is 2.20. The van der Waals surface area contributed by atoms with Gasteiger partial charge in [0, 0.05) is 6.54 Å². The van der Waals surface area contributed by atoms with E-state index in [1.807, 2.05) is 0 Å². The van der Waals surface area contributed by atoms with E-state index in [2.05, 4.69) is 21.2 Å². The van der Waals surface area contributed by atoms with Crippen LogP contribution >= 0.6 is 15.9 Å². The minimum absolute atomic E-state index is 0.149. The number of rotatable bonds is 5. The number of halogens is 2. The smallest absolute Gasteiger partial charge is 0.137 e. The number of aliphatic hydroxyl groups is 2. The van der Waals surface area contributed by atoms with Gasteiger partial charge in [0.15, 0.2) is 0 Å². The second-order valence-corrected chi connectivity index (χ2v) is 3.95. The summed E-state index contributed by atoms with van der Waals surface area (Å²) in [6.07, 6.45) is 0. The van der Waals surface area contributed by atoms with Gasteiger partial charge in [0.2, 0.25) is 0 Å². The summed E-state index contributed by atoms with van der Waals surface area (Å²) in [7, 11) is 0. The van der Waals surface area contributed by atoms with Crippen LogP contribution in [0.15, 0.2) is 22.7 Å². The Labute approximate surface area is 96.1 Å². The zero-order valence-corrected chi connectivity index (χ0v) is 9.67. The van der Waals surface area contributed by atoms with Crippen molar-refractivity contribution in [3.05, 3.63) is 34.1 Å². The van der Waals surface area contributed by atoms with Gasteiger partial charge in [0.25, 0.3) is 0 Å². The highest BCUT2D eigenvalue weighted by Gasteiger charge is 2.08. The minimum atomic E-state index is -0.375. The van der Waals surface area contributed by atoms with E-state index in [1.165, 1.54) is 6.07 Å². The lowest BCUT2D eigenvalue weighted by molar-refractivity contribution is 0.170. The minimum Gasteiger partial charge on any atom is -0.395 e. The van der Waals surface area contributed by atoms with Crippen LogP contribution in [-0.4, -0.2) is 29.5 Å². The Morgan fingerprint density at radius 1 is 1.33 bits per heavy atom. The van der Waals surface area contributed by atoms with Crippen LogP contribution in [0.4, 0.5) is 4.39 Å². The van der Waals surface area contributed by atoms with E-state index in [0.717, 1.165) is 5.56 Å². The Bertz CT molecular complexity index is 318. The molecule has 0 spiro atoms. The maximum Gasteiger partial charge on any atom is 0.137 e. The fraction of sp³-hybridized carbons (Fsp3) is 0.400. The molecule has 1 aromatic rings. The van der Waals surface area contributed by atoms with Crippen LogP contribution in [0.25, 0.3) is 0 Å². The van der Waals surface area contributed by atoms with Crippen molar-refractivity contribution in [3.8, 4) is 0 Å². The molecule has 0 aliphatic carbocycles. The topological polar surface area (TPSA) is 52.5 Å². The van der Waals surface area contributed by atoms with Crippen LogP contribution < -0.4 is 5.32 Å². The Morgan fingerprint density at radius 2 is 2.00 bits per heavy atom. The fourth-order valence-electron chi connectivity index (χ4n) is 1.13. The first-order valence-electron chi connectivity index (χ1n) is 4.57. The van der Waals surface area contributed by atoms with E-state index < -0.39 is 0 Å². The van der Waals surface area contributed by atoms with Crippen molar-refractivity contribution in [1.82, 2.24) is 5.32 Å². The fourth-order valence-corrected chi connectivity index (χ4v) is 1.53. The summed E-state index contributed by atoms with van der Waals surface area (Å²) in [6.45, 7) is 0.0942. The molecule has 0 fully saturated rings. The Balaban J connectivity index is 2.61. The average molecular weight is 278 g/mol. The second-order valence-electron chi connectivity index (χ2n) is 3.16. The van der Waals surface area contributed by atoms with Gasteiger partial charge in [-0.2, -0.15) is 0 Å². The zero-order valence-electron chi connectivity index (χ0n) is 8.08. The molecule has 84 valence electrons. The van der Waals surface area contributed by atoms with Gasteiger partial charge in [-0.1, -0.05) is 12.1 Å². The molecule has 0 unspecified atom stereocenters. The molecule has 0 aliphatic heterocycles. The van der Waals surface area contributed by atoms with Crippen molar-refractivity contribution in [2.45, 2.75) is 12.6 Å². The van der Waals surface area contributed by atoms with Crippen LogP contribution in [0, 0.1) is 5.82 Å². The van der Waals surface area contributed by atoms with Gasteiger partial charge in [-0.15, -0.1) is 0 Å². The van der Waals surface area contributed by atoms with Crippen LogP contribution in [0.1, 0.15) is 5.56 Å². The van der Waals surface area contributed by atoms with Crippen molar-refractivity contribution in [2.75, 3.05) is 13.2 Å². The molecule has 0 aromatic heterocycles. The zero-order chi connectivity index (χ0) is 11.3. The molecule has 5 heteroatoms. The highest BCUT2D eigenvalue weighted by molar-refractivity contribution is 9.10. The third-order valence-electron chi connectivity index (χ3n) is 2.05. The van der Waals surface area contributed by atoms with Gasteiger partial charge in [-0.3, -0.25) is 0 Å². The predicted octanol–water partition coefficient (Wildman–Crippen LogP) is 1.03. The van der Waals surface area contributed by atoms with Gasteiger partial charge >= 0.3 is 0 Å². The molecule has 0 amide bonds. The lowest BCUT2D eigenvalue weighted by Gasteiger charge is -2.14. The van der Waals surface area contributed by atoms with Crippen molar-refractivity contribution in [1.29, 1.82) is 0 Å². The summed E-state index contributed by atoms with van der Waals surface area (Å²) in [6, 6.07) is 4.37. The summed E-state index contributed by atoms with van der Waals surface area (Å²) in [5.41, 5.74) is 0.752. The largest absolute Gasteiger partial charge is 0.395 e. The molecule has 0 atom stereocenters. The standard InChI is InChI=1S/C10H13BrFNO2/c11-10-7(2-1-3-9(10)12)4-13-8(5-14)6-15/h1-3,8,13-15H,4-6H2. The number of hydrogen-bond acceptors (Lipinski definition) is 3. The quantitative estimate of drug-likeness (QED) is 0.754. The van der Waals surface area contributed by atoms with Gasteiger partial charge in [-0.25, -0.2) is 4.39 Å². The second kappa shape index (κ2) is 6.17. The summed E-state index contributed by atoms with van der Waals surface area (Å²) < 4.78 is 13.5. The lowest BCUT2D eigenvalue weighted by Crippen LogP contribution is -2.35. The molecule has 15 heavy (non-hydrogen) atoms. The number of hydrogen-bond donors (Lipinski definition) is 3. The molecule has 3 N–H and O–H groups in total.